The number of halogens is 1. The second-order valence-electron chi connectivity index (χ2n) is 4.04. The molecule has 0 saturated heterocycles. The van der Waals surface area contributed by atoms with Crippen molar-refractivity contribution in [2.45, 2.75) is 6.92 Å². The van der Waals surface area contributed by atoms with Gasteiger partial charge in [-0.3, -0.25) is 4.79 Å². The molecule has 1 amide bonds. The van der Waals surface area contributed by atoms with Crippen LogP contribution >= 0.6 is 15.9 Å². The molecule has 0 spiro atoms. The van der Waals surface area contributed by atoms with Gasteiger partial charge in [0.05, 0.1) is 11.8 Å². The third kappa shape index (κ3) is 3.51. The van der Waals surface area contributed by atoms with E-state index in [0.29, 0.717) is 5.56 Å². The molecule has 0 aliphatic rings. The molecule has 0 atom stereocenters. The highest BCUT2D eigenvalue weighted by Gasteiger charge is 2.07. The Morgan fingerprint density at radius 2 is 1.84 bits per heavy atom. The number of carbonyl (C=O) groups excluding carboxylic acids is 1. The molecule has 0 aromatic heterocycles. The van der Waals surface area contributed by atoms with E-state index in [1.54, 1.807) is 12.3 Å². The Kier molecular flexibility index (Phi) is 4.47. The van der Waals surface area contributed by atoms with Crippen LogP contribution in [0.1, 0.15) is 21.5 Å². The van der Waals surface area contributed by atoms with Crippen molar-refractivity contribution in [2.24, 2.45) is 5.10 Å². The van der Waals surface area contributed by atoms with E-state index in [1.165, 1.54) is 0 Å². The highest BCUT2D eigenvalue weighted by molar-refractivity contribution is 9.10. The summed E-state index contributed by atoms with van der Waals surface area (Å²) in [5, 5.41) is 3.97. The van der Waals surface area contributed by atoms with Gasteiger partial charge in [-0.1, -0.05) is 36.4 Å². The van der Waals surface area contributed by atoms with Gasteiger partial charge in [-0.15, -0.1) is 0 Å². The predicted octanol–water partition coefficient (Wildman–Crippen LogP) is 3.52. The summed E-state index contributed by atoms with van der Waals surface area (Å²) in [6.07, 6.45) is 1.64. The Morgan fingerprint density at radius 1 is 1.16 bits per heavy atom. The van der Waals surface area contributed by atoms with Crippen LogP contribution < -0.4 is 5.43 Å². The normalized spacial score (nSPS) is 10.6. The fourth-order valence-corrected chi connectivity index (χ4v) is 2.06. The van der Waals surface area contributed by atoms with Gasteiger partial charge in [0, 0.05) is 4.47 Å². The molecule has 0 radical (unpaired) electrons. The molecule has 0 unspecified atom stereocenters. The lowest BCUT2D eigenvalue weighted by atomic mass is 10.1. The Labute approximate surface area is 120 Å². The number of amides is 1. The number of hydrogen-bond donors (Lipinski definition) is 1. The minimum atomic E-state index is -0.239. The summed E-state index contributed by atoms with van der Waals surface area (Å²) < 4.78 is 0.749. The van der Waals surface area contributed by atoms with Gasteiger partial charge in [-0.05, 0) is 46.1 Å². The van der Waals surface area contributed by atoms with Gasteiger partial charge in [0.15, 0.2) is 0 Å². The van der Waals surface area contributed by atoms with Crippen molar-refractivity contribution in [3.8, 4) is 0 Å². The number of aryl methyl sites for hydroxylation is 1. The minimum Gasteiger partial charge on any atom is -0.267 e. The Morgan fingerprint density at radius 3 is 2.58 bits per heavy atom. The summed E-state index contributed by atoms with van der Waals surface area (Å²) in [6, 6.07) is 15.1. The highest BCUT2D eigenvalue weighted by atomic mass is 79.9. The van der Waals surface area contributed by atoms with Crippen molar-refractivity contribution < 1.29 is 4.79 Å². The van der Waals surface area contributed by atoms with Crippen molar-refractivity contribution in [3.05, 3.63) is 69.7 Å². The number of rotatable bonds is 3. The van der Waals surface area contributed by atoms with E-state index in [4.69, 9.17) is 0 Å². The van der Waals surface area contributed by atoms with Crippen molar-refractivity contribution in [1.29, 1.82) is 0 Å². The molecule has 2 aromatic rings. The second-order valence-corrected chi connectivity index (χ2v) is 4.89. The Bertz CT molecular complexity index is 623. The maximum Gasteiger partial charge on any atom is 0.272 e. The van der Waals surface area contributed by atoms with E-state index in [0.717, 1.165) is 15.6 Å². The van der Waals surface area contributed by atoms with Crippen LogP contribution in [0.25, 0.3) is 0 Å². The van der Waals surface area contributed by atoms with Gasteiger partial charge in [0.25, 0.3) is 5.91 Å². The minimum absolute atomic E-state index is 0.239. The van der Waals surface area contributed by atoms with Crippen LogP contribution in [0.4, 0.5) is 0 Å². The maximum atomic E-state index is 11.9. The molecule has 2 rings (SSSR count). The van der Waals surface area contributed by atoms with Crippen LogP contribution in [0.15, 0.2) is 58.1 Å². The lowest BCUT2D eigenvalue weighted by Gasteiger charge is -2.02. The molecule has 2 aromatic carbocycles. The van der Waals surface area contributed by atoms with Crippen molar-refractivity contribution in [1.82, 2.24) is 5.43 Å². The lowest BCUT2D eigenvalue weighted by molar-refractivity contribution is 0.0954. The number of nitrogens with zero attached hydrogens (tertiary/aromatic N) is 1. The molecule has 4 heteroatoms. The first-order valence-electron chi connectivity index (χ1n) is 5.82. The first-order chi connectivity index (χ1) is 9.18. The average Bonchev–Trinajstić information content (AvgIpc) is 2.41. The van der Waals surface area contributed by atoms with Gasteiger partial charge in [-0.2, -0.15) is 5.10 Å². The first kappa shape index (κ1) is 13.5. The maximum absolute atomic E-state index is 11.9. The van der Waals surface area contributed by atoms with Crippen LogP contribution in [0, 0.1) is 6.92 Å². The average molecular weight is 317 g/mol. The monoisotopic (exact) mass is 316 g/mol. The van der Waals surface area contributed by atoms with E-state index in [-0.39, 0.29) is 5.91 Å². The third-order valence-electron chi connectivity index (χ3n) is 2.68. The molecule has 96 valence electrons. The SMILES string of the molecule is Cc1ccccc1C=NNC(=O)c1ccccc1Br. The summed E-state index contributed by atoms with van der Waals surface area (Å²) in [6.45, 7) is 2.00. The van der Waals surface area contributed by atoms with Gasteiger partial charge in [-0.25, -0.2) is 5.43 Å². The zero-order valence-corrected chi connectivity index (χ0v) is 12.0. The van der Waals surface area contributed by atoms with Crippen LogP contribution in [-0.2, 0) is 0 Å². The molecule has 0 aliphatic heterocycles. The Balaban J connectivity index is 2.06. The molecule has 0 heterocycles. The summed E-state index contributed by atoms with van der Waals surface area (Å²) in [5.41, 5.74) is 5.17. The summed E-state index contributed by atoms with van der Waals surface area (Å²) in [4.78, 5) is 11.9. The van der Waals surface area contributed by atoms with Gasteiger partial charge < -0.3 is 0 Å². The summed E-state index contributed by atoms with van der Waals surface area (Å²) in [5.74, 6) is -0.239. The number of nitrogens with one attached hydrogen (secondary N) is 1. The van der Waals surface area contributed by atoms with E-state index in [2.05, 4.69) is 26.5 Å². The third-order valence-corrected chi connectivity index (χ3v) is 3.37. The van der Waals surface area contributed by atoms with Crippen molar-refractivity contribution in [2.75, 3.05) is 0 Å². The van der Waals surface area contributed by atoms with E-state index >= 15 is 0 Å². The first-order valence-corrected chi connectivity index (χ1v) is 6.61. The molecule has 0 aliphatic carbocycles. The number of benzene rings is 2. The fraction of sp³-hybridized carbons (Fsp3) is 0.0667. The van der Waals surface area contributed by atoms with Crippen LogP contribution in [0.3, 0.4) is 0 Å². The van der Waals surface area contributed by atoms with E-state index in [1.807, 2.05) is 49.4 Å². The summed E-state index contributed by atoms with van der Waals surface area (Å²) in [7, 11) is 0. The zero-order valence-electron chi connectivity index (χ0n) is 10.4. The van der Waals surface area contributed by atoms with Crippen molar-refractivity contribution in [3.63, 3.8) is 0 Å². The van der Waals surface area contributed by atoms with Gasteiger partial charge in [0.2, 0.25) is 0 Å². The lowest BCUT2D eigenvalue weighted by Crippen LogP contribution is -2.18. The largest absolute Gasteiger partial charge is 0.272 e. The zero-order chi connectivity index (χ0) is 13.7. The van der Waals surface area contributed by atoms with E-state index < -0.39 is 0 Å². The number of carbonyl (C=O) groups is 1. The summed E-state index contributed by atoms with van der Waals surface area (Å²) >= 11 is 3.33. The standard InChI is InChI=1S/C15H13BrN2O/c1-11-6-2-3-7-12(11)10-17-18-15(19)13-8-4-5-9-14(13)16/h2-10H,1H3,(H,18,19). The topological polar surface area (TPSA) is 41.5 Å². The second kappa shape index (κ2) is 6.29. The van der Waals surface area contributed by atoms with Gasteiger partial charge in [0.1, 0.15) is 0 Å². The quantitative estimate of drug-likeness (QED) is 0.683. The molecular formula is C15H13BrN2O. The predicted molar refractivity (Wildman–Crippen MR) is 80.4 cm³/mol. The van der Waals surface area contributed by atoms with Gasteiger partial charge >= 0.3 is 0 Å². The number of hydrogen-bond acceptors (Lipinski definition) is 2. The molecule has 19 heavy (non-hydrogen) atoms. The van der Waals surface area contributed by atoms with Crippen LogP contribution in [0.5, 0.6) is 0 Å². The van der Waals surface area contributed by atoms with E-state index in [9.17, 15) is 4.79 Å². The molecule has 1 N–H and O–H groups in total. The molecule has 3 nitrogen and oxygen atoms in total. The highest BCUT2D eigenvalue weighted by Crippen LogP contribution is 2.15. The molecule has 0 bridgehead atoms. The van der Waals surface area contributed by atoms with Crippen molar-refractivity contribution >= 4 is 28.1 Å². The number of hydrazone groups is 1. The smallest absolute Gasteiger partial charge is 0.267 e. The van der Waals surface area contributed by atoms with Crippen LogP contribution in [0.2, 0.25) is 0 Å². The van der Waals surface area contributed by atoms with Crippen LogP contribution in [-0.4, -0.2) is 12.1 Å². The molecule has 0 fully saturated rings. The Hall–Kier alpha value is -1.94. The molecular weight excluding hydrogens is 304 g/mol. The molecule has 0 saturated carbocycles. The fourth-order valence-electron chi connectivity index (χ4n) is 1.60.